The Bertz CT molecular complexity index is 864. The lowest BCUT2D eigenvalue weighted by atomic mass is 10.0. The molecule has 3 aromatic rings. The third kappa shape index (κ3) is 2.64. The van der Waals surface area contributed by atoms with Crippen molar-refractivity contribution in [1.29, 1.82) is 0 Å². The largest absolute Gasteiger partial charge is 0.478 e. The van der Waals surface area contributed by atoms with E-state index >= 15 is 0 Å². The van der Waals surface area contributed by atoms with E-state index in [4.69, 9.17) is 0 Å². The first-order valence-electron chi connectivity index (χ1n) is 6.14. The molecule has 1 heterocycles. The van der Waals surface area contributed by atoms with Gasteiger partial charge >= 0.3 is 5.97 Å². The molecule has 1 N–H and O–H groups in total. The van der Waals surface area contributed by atoms with E-state index in [1.807, 2.05) is 24.3 Å². The zero-order valence-corrected chi connectivity index (χ0v) is 12.3. The van der Waals surface area contributed by atoms with Crippen LogP contribution >= 0.6 is 15.9 Å². The molecule has 3 nitrogen and oxygen atoms in total. The Kier molecular flexibility index (Phi) is 3.43. The molecule has 0 atom stereocenters. The molecule has 3 rings (SSSR count). The number of pyridine rings is 1. The lowest BCUT2D eigenvalue weighted by Gasteiger charge is -2.07. The number of rotatable bonds is 2. The average Bonchev–Trinajstić information content (AvgIpc) is 2.45. The summed E-state index contributed by atoms with van der Waals surface area (Å²) in [6.07, 6.45) is 0. The summed E-state index contributed by atoms with van der Waals surface area (Å²) < 4.78 is 14.2. The number of benzene rings is 2. The topological polar surface area (TPSA) is 50.2 Å². The van der Waals surface area contributed by atoms with Crippen LogP contribution in [0.5, 0.6) is 0 Å². The van der Waals surface area contributed by atoms with Gasteiger partial charge in [-0.15, -0.1) is 0 Å². The van der Waals surface area contributed by atoms with Gasteiger partial charge in [0, 0.05) is 21.5 Å². The van der Waals surface area contributed by atoms with E-state index in [1.165, 1.54) is 24.3 Å². The molecule has 1 aromatic heterocycles. The molecule has 0 saturated carbocycles. The van der Waals surface area contributed by atoms with Crippen LogP contribution in [0.2, 0.25) is 0 Å². The van der Waals surface area contributed by atoms with Gasteiger partial charge < -0.3 is 5.11 Å². The number of aromatic carboxylic acids is 1. The van der Waals surface area contributed by atoms with Crippen LogP contribution in [-0.4, -0.2) is 16.1 Å². The van der Waals surface area contributed by atoms with Crippen LogP contribution in [-0.2, 0) is 0 Å². The summed E-state index contributed by atoms with van der Waals surface area (Å²) in [7, 11) is 0. The third-order valence-corrected chi connectivity index (χ3v) is 3.62. The Morgan fingerprint density at radius 1 is 1.14 bits per heavy atom. The van der Waals surface area contributed by atoms with E-state index < -0.39 is 11.8 Å². The molecule has 21 heavy (non-hydrogen) atoms. The fourth-order valence-corrected chi connectivity index (χ4v) is 2.57. The number of halogens is 2. The number of hydrogen-bond donors (Lipinski definition) is 1. The number of nitrogens with zero attached hydrogens (tertiary/aromatic N) is 1. The minimum absolute atomic E-state index is 0.106. The molecule has 0 spiro atoms. The summed E-state index contributed by atoms with van der Waals surface area (Å²) in [5, 5.41) is 9.77. The van der Waals surface area contributed by atoms with Gasteiger partial charge in [0.05, 0.1) is 16.8 Å². The molecule has 0 aliphatic rings. The normalized spacial score (nSPS) is 10.8. The molecule has 0 aliphatic carbocycles. The van der Waals surface area contributed by atoms with Gasteiger partial charge in [-0.25, -0.2) is 14.2 Å². The highest BCUT2D eigenvalue weighted by atomic mass is 79.9. The number of aromatic nitrogens is 1. The summed E-state index contributed by atoms with van der Waals surface area (Å²) in [5.74, 6) is -1.51. The second-order valence-electron chi connectivity index (χ2n) is 4.53. The van der Waals surface area contributed by atoms with Gasteiger partial charge in [-0.2, -0.15) is 0 Å². The Hall–Kier alpha value is -2.27. The fourth-order valence-electron chi connectivity index (χ4n) is 2.17. The van der Waals surface area contributed by atoms with Crippen LogP contribution in [0.25, 0.3) is 22.2 Å². The SMILES string of the molecule is O=C(O)c1cc(-c2cccc(Br)c2)nc2cc(F)ccc12. The first-order valence-corrected chi connectivity index (χ1v) is 6.93. The molecule has 0 unspecified atom stereocenters. The summed E-state index contributed by atoms with van der Waals surface area (Å²) in [6.45, 7) is 0. The van der Waals surface area contributed by atoms with E-state index in [-0.39, 0.29) is 5.56 Å². The molecular formula is C16H9BrFNO2. The lowest BCUT2D eigenvalue weighted by molar-refractivity contribution is 0.0699. The number of hydrogen-bond acceptors (Lipinski definition) is 2. The number of carboxylic acids is 1. The zero-order valence-electron chi connectivity index (χ0n) is 10.7. The first-order chi connectivity index (χ1) is 10.0. The third-order valence-electron chi connectivity index (χ3n) is 3.12. The monoisotopic (exact) mass is 345 g/mol. The summed E-state index contributed by atoms with van der Waals surface area (Å²) in [6, 6.07) is 12.8. The number of fused-ring (bicyclic) bond motifs is 1. The second kappa shape index (κ2) is 5.26. The van der Waals surface area contributed by atoms with Gasteiger partial charge in [0.2, 0.25) is 0 Å². The Morgan fingerprint density at radius 3 is 2.67 bits per heavy atom. The maximum Gasteiger partial charge on any atom is 0.336 e. The van der Waals surface area contributed by atoms with Crippen molar-refractivity contribution in [2.75, 3.05) is 0 Å². The molecule has 104 valence electrons. The quantitative estimate of drug-likeness (QED) is 0.743. The average molecular weight is 346 g/mol. The van der Waals surface area contributed by atoms with Gasteiger partial charge in [0.25, 0.3) is 0 Å². The Labute approximate surface area is 128 Å². The number of carboxylic acid groups (broad SMARTS) is 1. The summed E-state index contributed by atoms with van der Waals surface area (Å²) in [5.41, 5.74) is 1.68. The van der Waals surface area contributed by atoms with Gasteiger partial charge in [0.1, 0.15) is 5.82 Å². The van der Waals surface area contributed by atoms with E-state index in [9.17, 15) is 14.3 Å². The van der Waals surface area contributed by atoms with E-state index in [1.54, 1.807) is 0 Å². The maximum atomic E-state index is 13.4. The predicted molar refractivity (Wildman–Crippen MR) is 81.8 cm³/mol. The van der Waals surface area contributed by atoms with Crippen molar-refractivity contribution in [2.24, 2.45) is 0 Å². The van der Waals surface area contributed by atoms with Crippen molar-refractivity contribution in [3.63, 3.8) is 0 Å². The highest BCUT2D eigenvalue weighted by Crippen LogP contribution is 2.27. The highest BCUT2D eigenvalue weighted by molar-refractivity contribution is 9.10. The van der Waals surface area contributed by atoms with Crippen molar-refractivity contribution in [3.05, 3.63) is 64.4 Å². The Morgan fingerprint density at radius 2 is 1.95 bits per heavy atom. The molecule has 5 heteroatoms. The molecular weight excluding hydrogens is 337 g/mol. The molecule has 0 radical (unpaired) electrons. The van der Waals surface area contributed by atoms with Gasteiger partial charge in [-0.3, -0.25) is 0 Å². The van der Waals surface area contributed by atoms with E-state index in [2.05, 4.69) is 20.9 Å². The predicted octanol–water partition coefficient (Wildman–Crippen LogP) is 4.50. The summed E-state index contributed by atoms with van der Waals surface area (Å²) >= 11 is 3.36. The zero-order chi connectivity index (χ0) is 15.0. The number of carbonyl (C=O) groups is 1. The van der Waals surface area contributed by atoms with Gasteiger partial charge in [-0.05, 0) is 30.3 Å². The van der Waals surface area contributed by atoms with Crippen molar-refractivity contribution in [3.8, 4) is 11.3 Å². The standard InChI is InChI=1S/C16H9BrFNO2/c17-10-3-1-2-9(6-10)14-8-13(16(20)21)12-5-4-11(18)7-15(12)19-14/h1-8H,(H,20,21). The van der Waals surface area contributed by atoms with Gasteiger partial charge in [-0.1, -0.05) is 28.1 Å². The molecule has 0 saturated heterocycles. The minimum Gasteiger partial charge on any atom is -0.478 e. The summed E-state index contributed by atoms with van der Waals surface area (Å²) in [4.78, 5) is 15.8. The van der Waals surface area contributed by atoms with Crippen LogP contribution in [0.3, 0.4) is 0 Å². The second-order valence-corrected chi connectivity index (χ2v) is 5.45. The molecule has 0 fully saturated rings. The Balaban J connectivity index is 2.32. The molecule has 0 aliphatic heterocycles. The highest BCUT2D eigenvalue weighted by Gasteiger charge is 2.13. The van der Waals surface area contributed by atoms with Crippen LogP contribution in [0.1, 0.15) is 10.4 Å². The van der Waals surface area contributed by atoms with E-state index in [0.29, 0.717) is 16.6 Å². The van der Waals surface area contributed by atoms with Crippen LogP contribution in [0.15, 0.2) is 53.0 Å². The lowest BCUT2D eigenvalue weighted by Crippen LogP contribution is -2.00. The minimum atomic E-state index is -1.06. The van der Waals surface area contributed by atoms with E-state index in [0.717, 1.165) is 10.0 Å². The van der Waals surface area contributed by atoms with Crippen LogP contribution < -0.4 is 0 Å². The smallest absolute Gasteiger partial charge is 0.336 e. The van der Waals surface area contributed by atoms with Crippen LogP contribution in [0, 0.1) is 5.82 Å². The molecule has 2 aromatic carbocycles. The van der Waals surface area contributed by atoms with Crippen LogP contribution in [0.4, 0.5) is 4.39 Å². The molecule has 0 amide bonds. The van der Waals surface area contributed by atoms with Crippen molar-refractivity contribution >= 4 is 32.8 Å². The molecule has 0 bridgehead atoms. The van der Waals surface area contributed by atoms with Crippen molar-refractivity contribution < 1.29 is 14.3 Å². The van der Waals surface area contributed by atoms with Crippen molar-refractivity contribution in [2.45, 2.75) is 0 Å². The van der Waals surface area contributed by atoms with Gasteiger partial charge in [0.15, 0.2) is 0 Å². The maximum absolute atomic E-state index is 13.4. The van der Waals surface area contributed by atoms with Crippen molar-refractivity contribution in [1.82, 2.24) is 4.98 Å². The fraction of sp³-hybridized carbons (Fsp3) is 0. The first kappa shape index (κ1) is 13.7.